The predicted molar refractivity (Wildman–Crippen MR) is 97.8 cm³/mol. The normalized spacial score (nSPS) is 16.2. The molecule has 8 nitrogen and oxygen atoms in total. The Labute approximate surface area is 168 Å². The Bertz CT molecular complexity index is 1100. The molecule has 1 aliphatic heterocycles. The maximum absolute atomic E-state index is 13.5. The number of carbonyl (C=O) groups excluding carboxylic acids is 2. The van der Waals surface area contributed by atoms with Crippen LogP contribution in [0.1, 0.15) is 12.2 Å². The summed E-state index contributed by atoms with van der Waals surface area (Å²) in [6.45, 7) is 0.0798. The maximum atomic E-state index is 13.5. The van der Waals surface area contributed by atoms with Crippen molar-refractivity contribution < 1.29 is 22.8 Å². The van der Waals surface area contributed by atoms with Crippen molar-refractivity contribution in [1.82, 2.24) is 25.5 Å². The zero-order chi connectivity index (χ0) is 21.3. The van der Waals surface area contributed by atoms with Crippen LogP contribution in [-0.2, 0) is 16.1 Å². The van der Waals surface area contributed by atoms with Crippen LogP contribution in [0.15, 0.2) is 42.5 Å². The molecule has 1 fully saturated rings. The minimum Gasteiger partial charge on any atom is -0.348 e. The van der Waals surface area contributed by atoms with Crippen molar-refractivity contribution >= 4 is 17.5 Å². The summed E-state index contributed by atoms with van der Waals surface area (Å²) in [6, 6.07) is 8.63. The molecule has 0 saturated carbocycles. The first-order valence-corrected chi connectivity index (χ1v) is 8.98. The number of nitrogens with zero attached hydrogens (tertiary/aromatic N) is 5. The predicted octanol–water partition coefficient (Wildman–Crippen LogP) is 1.75. The van der Waals surface area contributed by atoms with E-state index in [2.05, 4.69) is 20.8 Å². The third-order valence-corrected chi connectivity index (χ3v) is 4.74. The van der Waals surface area contributed by atoms with Crippen molar-refractivity contribution in [2.24, 2.45) is 5.92 Å². The lowest BCUT2D eigenvalue weighted by Crippen LogP contribution is -2.33. The van der Waals surface area contributed by atoms with Gasteiger partial charge in [-0.3, -0.25) is 9.59 Å². The van der Waals surface area contributed by atoms with Crippen LogP contribution < -0.4 is 10.2 Å². The number of hydrogen-bond acceptors (Lipinski definition) is 5. The van der Waals surface area contributed by atoms with Crippen molar-refractivity contribution in [2.75, 3.05) is 11.4 Å². The SMILES string of the molecule is O=C(NCc1nnnn1-c1ccc(F)c(F)c1)[C@@H]1CC(=O)N(c2ccc(F)cc2)C1. The third kappa shape index (κ3) is 3.86. The molecular formula is C19H15F3N6O2. The molecule has 2 amide bonds. The summed E-state index contributed by atoms with van der Waals surface area (Å²) in [6.07, 6.45) is 0.0112. The first kappa shape index (κ1) is 19.6. The smallest absolute Gasteiger partial charge is 0.227 e. The van der Waals surface area contributed by atoms with Gasteiger partial charge in [0, 0.05) is 24.7 Å². The Morgan fingerprint density at radius 2 is 1.80 bits per heavy atom. The van der Waals surface area contributed by atoms with Gasteiger partial charge in [0.25, 0.3) is 0 Å². The first-order chi connectivity index (χ1) is 14.4. The Balaban J connectivity index is 1.41. The Morgan fingerprint density at radius 1 is 1.07 bits per heavy atom. The van der Waals surface area contributed by atoms with Crippen LogP contribution in [0, 0.1) is 23.4 Å². The summed E-state index contributed by atoms with van der Waals surface area (Å²) >= 11 is 0. The summed E-state index contributed by atoms with van der Waals surface area (Å²) < 4.78 is 40.9. The van der Waals surface area contributed by atoms with Gasteiger partial charge in [-0.15, -0.1) is 5.10 Å². The fraction of sp³-hybridized carbons (Fsp3) is 0.211. The summed E-state index contributed by atoms with van der Waals surface area (Å²) in [5.41, 5.74) is 0.709. The van der Waals surface area contributed by atoms with E-state index in [1.165, 1.54) is 39.9 Å². The minimum absolute atomic E-state index is 0.0112. The highest BCUT2D eigenvalue weighted by molar-refractivity contribution is 6.00. The van der Waals surface area contributed by atoms with Gasteiger partial charge in [0.05, 0.1) is 18.2 Å². The Morgan fingerprint density at radius 3 is 2.53 bits per heavy atom. The van der Waals surface area contributed by atoms with Crippen LogP contribution in [0.3, 0.4) is 0 Å². The van der Waals surface area contributed by atoms with Gasteiger partial charge in [-0.25, -0.2) is 13.2 Å². The highest BCUT2D eigenvalue weighted by atomic mass is 19.2. The summed E-state index contributed by atoms with van der Waals surface area (Å²) in [5, 5.41) is 13.7. The number of benzene rings is 2. The van der Waals surface area contributed by atoms with Gasteiger partial charge in [0.1, 0.15) is 5.82 Å². The molecule has 11 heteroatoms. The number of halogens is 3. The van der Waals surface area contributed by atoms with Crippen LogP contribution in [-0.4, -0.2) is 38.6 Å². The van der Waals surface area contributed by atoms with Gasteiger partial charge < -0.3 is 10.2 Å². The molecule has 0 radical (unpaired) electrons. The van der Waals surface area contributed by atoms with Crippen LogP contribution in [0.5, 0.6) is 0 Å². The number of rotatable bonds is 5. The Kier molecular flexibility index (Phi) is 5.17. The zero-order valence-corrected chi connectivity index (χ0v) is 15.4. The van der Waals surface area contributed by atoms with Gasteiger partial charge in [0.15, 0.2) is 17.5 Å². The average Bonchev–Trinajstić information content (AvgIpc) is 3.35. The fourth-order valence-electron chi connectivity index (χ4n) is 3.20. The lowest BCUT2D eigenvalue weighted by atomic mass is 10.1. The molecule has 4 rings (SSSR count). The number of hydrogen-bond donors (Lipinski definition) is 1. The average molecular weight is 416 g/mol. The van der Waals surface area contributed by atoms with Gasteiger partial charge in [-0.05, 0) is 46.8 Å². The van der Waals surface area contributed by atoms with E-state index in [0.29, 0.717) is 5.69 Å². The quantitative estimate of drug-likeness (QED) is 0.684. The van der Waals surface area contributed by atoms with Gasteiger partial charge in [0.2, 0.25) is 11.8 Å². The van der Waals surface area contributed by atoms with Gasteiger partial charge in [-0.2, -0.15) is 4.68 Å². The number of aromatic nitrogens is 4. The lowest BCUT2D eigenvalue weighted by molar-refractivity contribution is -0.126. The summed E-state index contributed by atoms with van der Waals surface area (Å²) in [7, 11) is 0. The largest absolute Gasteiger partial charge is 0.348 e. The standard InChI is InChI=1S/C19H15F3N6O2/c20-12-1-3-13(4-2-12)27-10-11(7-18(27)29)19(30)23-9-17-24-25-26-28(17)14-5-6-15(21)16(22)8-14/h1-6,8,11H,7,9-10H2,(H,23,30)/t11-/m1/s1. The van der Waals surface area contributed by atoms with Crippen LogP contribution in [0.4, 0.5) is 18.9 Å². The van der Waals surface area contributed by atoms with Crippen molar-refractivity contribution in [1.29, 1.82) is 0 Å². The molecule has 2 aromatic carbocycles. The topological polar surface area (TPSA) is 93.0 Å². The first-order valence-electron chi connectivity index (χ1n) is 8.98. The van der Waals surface area contributed by atoms with Crippen LogP contribution >= 0.6 is 0 Å². The van der Waals surface area contributed by atoms with E-state index < -0.39 is 23.4 Å². The van der Waals surface area contributed by atoms with Crippen LogP contribution in [0.25, 0.3) is 5.69 Å². The molecular weight excluding hydrogens is 401 g/mol. The second-order valence-electron chi connectivity index (χ2n) is 6.70. The monoisotopic (exact) mass is 416 g/mol. The molecule has 0 spiro atoms. The summed E-state index contributed by atoms with van der Waals surface area (Å²) in [4.78, 5) is 26.2. The van der Waals surface area contributed by atoms with E-state index in [1.54, 1.807) is 0 Å². The molecule has 30 heavy (non-hydrogen) atoms. The number of tetrazole rings is 1. The van der Waals surface area contributed by atoms with Crippen molar-refractivity contribution in [3.8, 4) is 5.69 Å². The molecule has 1 aliphatic rings. The van der Waals surface area contributed by atoms with Gasteiger partial charge >= 0.3 is 0 Å². The molecule has 154 valence electrons. The highest BCUT2D eigenvalue weighted by Gasteiger charge is 2.35. The van der Waals surface area contributed by atoms with Crippen molar-refractivity contribution in [3.63, 3.8) is 0 Å². The number of anilines is 1. The van der Waals surface area contributed by atoms with E-state index in [-0.39, 0.29) is 42.8 Å². The van der Waals surface area contributed by atoms with E-state index in [9.17, 15) is 22.8 Å². The molecule has 0 unspecified atom stereocenters. The van der Waals surface area contributed by atoms with E-state index in [4.69, 9.17) is 0 Å². The molecule has 2 heterocycles. The fourth-order valence-corrected chi connectivity index (χ4v) is 3.20. The van der Waals surface area contributed by atoms with Crippen molar-refractivity contribution in [3.05, 3.63) is 65.7 Å². The molecule has 1 N–H and O–H groups in total. The van der Waals surface area contributed by atoms with Gasteiger partial charge in [-0.1, -0.05) is 0 Å². The number of carbonyl (C=O) groups is 2. The molecule has 3 aromatic rings. The molecule has 0 aliphatic carbocycles. The molecule has 0 bridgehead atoms. The van der Waals surface area contributed by atoms with Crippen molar-refractivity contribution in [2.45, 2.75) is 13.0 Å². The molecule has 1 aromatic heterocycles. The molecule has 1 atom stereocenters. The third-order valence-electron chi connectivity index (χ3n) is 4.74. The van der Waals surface area contributed by atoms with E-state index in [1.807, 2.05) is 0 Å². The molecule has 1 saturated heterocycles. The lowest BCUT2D eigenvalue weighted by Gasteiger charge is -2.16. The Hall–Kier alpha value is -3.76. The maximum Gasteiger partial charge on any atom is 0.227 e. The van der Waals surface area contributed by atoms with E-state index in [0.717, 1.165) is 12.1 Å². The number of nitrogens with one attached hydrogen (secondary N) is 1. The zero-order valence-electron chi connectivity index (χ0n) is 15.4. The minimum atomic E-state index is -1.05. The summed E-state index contributed by atoms with van der Waals surface area (Å²) in [5.74, 6) is -3.49. The highest BCUT2D eigenvalue weighted by Crippen LogP contribution is 2.25. The van der Waals surface area contributed by atoms with E-state index >= 15 is 0 Å². The second-order valence-corrected chi connectivity index (χ2v) is 6.70. The van der Waals surface area contributed by atoms with Crippen LogP contribution in [0.2, 0.25) is 0 Å². The second kappa shape index (κ2) is 7.93. The number of amides is 2.